The number of carbonyl (C=O) groups is 1. The molecule has 0 spiro atoms. The van der Waals surface area contributed by atoms with E-state index >= 15 is 0 Å². The number of nitrogens with one attached hydrogen (secondary N) is 2. The lowest BCUT2D eigenvalue weighted by atomic mass is 9.85. The molecule has 1 aliphatic rings. The Labute approximate surface area is 152 Å². The highest BCUT2D eigenvalue weighted by molar-refractivity contribution is 5.89. The molecule has 0 aliphatic carbocycles. The topological polar surface area (TPSA) is 44.4 Å². The fourth-order valence-corrected chi connectivity index (χ4v) is 3.45. The largest absolute Gasteiger partial charge is 0.371 e. The highest BCUT2D eigenvalue weighted by atomic mass is 19.1. The van der Waals surface area contributed by atoms with Gasteiger partial charge >= 0.3 is 0 Å². The van der Waals surface area contributed by atoms with Crippen LogP contribution in [0.3, 0.4) is 0 Å². The summed E-state index contributed by atoms with van der Waals surface area (Å²) in [6, 6.07) is 12.9. The van der Waals surface area contributed by atoms with Gasteiger partial charge in [-0.15, -0.1) is 0 Å². The highest BCUT2D eigenvalue weighted by Crippen LogP contribution is 2.29. The molecule has 0 saturated carbocycles. The zero-order valence-electron chi connectivity index (χ0n) is 14.8. The first-order valence-corrected chi connectivity index (χ1v) is 8.74. The van der Waals surface area contributed by atoms with Gasteiger partial charge in [-0.1, -0.05) is 24.3 Å². The zero-order chi connectivity index (χ0) is 18.6. The summed E-state index contributed by atoms with van der Waals surface area (Å²) < 4.78 is 27.4. The molecular formula is C20H23F2N3O. The van der Waals surface area contributed by atoms with Gasteiger partial charge in [0.15, 0.2) is 0 Å². The summed E-state index contributed by atoms with van der Waals surface area (Å²) in [5, 5.41) is 5.94. The van der Waals surface area contributed by atoms with Gasteiger partial charge in [-0.05, 0) is 37.1 Å². The molecule has 6 heteroatoms. The van der Waals surface area contributed by atoms with Crippen LogP contribution in [0.2, 0.25) is 0 Å². The molecule has 0 aromatic heterocycles. The predicted molar refractivity (Wildman–Crippen MR) is 97.7 cm³/mol. The summed E-state index contributed by atoms with van der Waals surface area (Å²) in [6.07, 6.45) is 1.11. The first kappa shape index (κ1) is 18.3. The predicted octanol–water partition coefficient (Wildman–Crippen LogP) is 3.16. The van der Waals surface area contributed by atoms with E-state index in [0.717, 1.165) is 0 Å². The summed E-state index contributed by atoms with van der Waals surface area (Å²) >= 11 is 0. The van der Waals surface area contributed by atoms with Crippen molar-refractivity contribution in [2.24, 2.45) is 0 Å². The van der Waals surface area contributed by atoms with E-state index in [4.69, 9.17) is 0 Å². The average Bonchev–Trinajstić information content (AvgIpc) is 2.64. The summed E-state index contributed by atoms with van der Waals surface area (Å²) in [4.78, 5) is 14.7. The van der Waals surface area contributed by atoms with Crippen LogP contribution in [0.5, 0.6) is 0 Å². The number of likely N-dealkylation sites (tertiary alicyclic amines) is 1. The van der Waals surface area contributed by atoms with Crippen LogP contribution in [0.25, 0.3) is 0 Å². The fourth-order valence-electron chi connectivity index (χ4n) is 3.45. The Morgan fingerprint density at radius 1 is 1.12 bits per heavy atom. The Balaban J connectivity index is 1.71. The Kier molecular flexibility index (Phi) is 5.52. The smallest absolute Gasteiger partial charge is 0.245 e. The third-order valence-electron chi connectivity index (χ3n) is 4.93. The van der Waals surface area contributed by atoms with Crippen molar-refractivity contribution in [1.82, 2.24) is 10.2 Å². The maximum Gasteiger partial charge on any atom is 0.245 e. The van der Waals surface area contributed by atoms with Gasteiger partial charge in [-0.3, -0.25) is 9.69 Å². The van der Waals surface area contributed by atoms with Crippen LogP contribution in [0.4, 0.5) is 14.5 Å². The molecular weight excluding hydrogens is 336 g/mol. The second-order valence-electron chi connectivity index (χ2n) is 6.66. The van der Waals surface area contributed by atoms with Crippen molar-refractivity contribution in [2.75, 3.05) is 25.5 Å². The number of carbonyl (C=O) groups excluding carboxylic acids is 1. The molecule has 0 unspecified atom stereocenters. The molecule has 2 N–H and O–H groups in total. The zero-order valence-corrected chi connectivity index (χ0v) is 14.8. The minimum atomic E-state index is -0.797. The molecule has 2 aromatic rings. The number of amides is 1. The molecule has 1 heterocycles. The Bertz CT molecular complexity index is 773. The van der Waals surface area contributed by atoms with Crippen LogP contribution in [0.15, 0.2) is 48.5 Å². The van der Waals surface area contributed by atoms with Gasteiger partial charge in [0.2, 0.25) is 5.91 Å². The normalized spacial score (nSPS) is 16.9. The highest BCUT2D eigenvalue weighted by Gasteiger charge is 2.41. The monoisotopic (exact) mass is 359 g/mol. The van der Waals surface area contributed by atoms with E-state index in [-0.39, 0.29) is 17.5 Å². The molecule has 26 heavy (non-hydrogen) atoms. The van der Waals surface area contributed by atoms with Crippen molar-refractivity contribution in [1.29, 1.82) is 0 Å². The summed E-state index contributed by atoms with van der Waals surface area (Å²) in [6.45, 7) is 1.80. The minimum Gasteiger partial charge on any atom is -0.371 e. The first-order chi connectivity index (χ1) is 12.5. The summed E-state index contributed by atoms with van der Waals surface area (Å²) in [5.74, 6) is -0.681. The molecule has 2 aromatic carbocycles. The fraction of sp³-hybridized carbons (Fsp3) is 0.350. The van der Waals surface area contributed by atoms with Crippen LogP contribution >= 0.6 is 0 Å². The third-order valence-corrected chi connectivity index (χ3v) is 4.93. The minimum absolute atomic E-state index is 0.118. The number of hydrogen-bond acceptors (Lipinski definition) is 3. The van der Waals surface area contributed by atoms with Crippen LogP contribution < -0.4 is 10.6 Å². The Hall–Kier alpha value is -2.47. The molecule has 0 radical (unpaired) electrons. The Morgan fingerprint density at radius 2 is 1.85 bits per heavy atom. The summed E-state index contributed by atoms with van der Waals surface area (Å²) in [7, 11) is 1.60. The maximum absolute atomic E-state index is 13.9. The van der Waals surface area contributed by atoms with Gasteiger partial charge in [-0.2, -0.15) is 0 Å². The van der Waals surface area contributed by atoms with Crippen molar-refractivity contribution in [3.63, 3.8) is 0 Å². The van der Waals surface area contributed by atoms with Crippen LogP contribution in [-0.4, -0.2) is 36.5 Å². The van der Waals surface area contributed by atoms with Crippen LogP contribution in [0.1, 0.15) is 18.4 Å². The van der Waals surface area contributed by atoms with E-state index in [2.05, 4.69) is 15.5 Å². The maximum atomic E-state index is 13.9. The quantitative estimate of drug-likeness (QED) is 0.862. The van der Waals surface area contributed by atoms with E-state index < -0.39 is 5.54 Å². The number of nitrogens with zero attached hydrogens (tertiary/aromatic N) is 1. The van der Waals surface area contributed by atoms with Gasteiger partial charge in [0.1, 0.15) is 17.2 Å². The van der Waals surface area contributed by atoms with Crippen molar-refractivity contribution < 1.29 is 13.6 Å². The van der Waals surface area contributed by atoms with Crippen molar-refractivity contribution in [3.05, 3.63) is 65.7 Å². The van der Waals surface area contributed by atoms with Gasteiger partial charge < -0.3 is 10.6 Å². The molecule has 4 nitrogen and oxygen atoms in total. The van der Waals surface area contributed by atoms with Gasteiger partial charge in [0.25, 0.3) is 0 Å². The molecule has 3 rings (SSSR count). The molecule has 1 fully saturated rings. The Morgan fingerprint density at radius 3 is 2.50 bits per heavy atom. The third kappa shape index (κ3) is 4.02. The van der Waals surface area contributed by atoms with Gasteiger partial charge in [-0.25, -0.2) is 8.78 Å². The van der Waals surface area contributed by atoms with Gasteiger partial charge in [0, 0.05) is 37.9 Å². The number of benzene rings is 2. The SMILES string of the molecule is CNC(=O)C1(Nc2cccc(F)c2)CCN(Cc2ccccc2F)CC1. The van der Waals surface area contributed by atoms with Crippen molar-refractivity contribution in [2.45, 2.75) is 24.9 Å². The summed E-state index contributed by atoms with van der Waals surface area (Å²) in [5.41, 5.74) is 0.433. The molecule has 1 saturated heterocycles. The lowest BCUT2D eigenvalue weighted by Crippen LogP contribution is -2.57. The van der Waals surface area contributed by atoms with E-state index in [9.17, 15) is 13.6 Å². The first-order valence-electron chi connectivity index (χ1n) is 8.74. The lowest BCUT2D eigenvalue weighted by molar-refractivity contribution is -0.126. The van der Waals surface area contributed by atoms with Crippen molar-refractivity contribution in [3.8, 4) is 0 Å². The lowest BCUT2D eigenvalue weighted by Gasteiger charge is -2.41. The number of likely N-dealkylation sites (N-methyl/N-ethyl adjacent to an activating group) is 1. The number of hydrogen-bond donors (Lipinski definition) is 2. The second-order valence-corrected chi connectivity index (χ2v) is 6.66. The number of anilines is 1. The van der Waals surface area contributed by atoms with Gasteiger partial charge in [0.05, 0.1) is 0 Å². The molecule has 1 aliphatic heterocycles. The van der Waals surface area contributed by atoms with E-state index in [1.165, 1.54) is 18.2 Å². The van der Waals surface area contributed by atoms with Crippen LogP contribution in [-0.2, 0) is 11.3 Å². The second kappa shape index (κ2) is 7.83. The van der Waals surface area contributed by atoms with Crippen molar-refractivity contribution >= 4 is 11.6 Å². The molecule has 0 atom stereocenters. The number of piperidine rings is 1. The van der Waals surface area contributed by atoms with E-state index in [1.54, 1.807) is 31.3 Å². The number of rotatable bonds is 5. The molecule has 1 amide bonds. The molecule has 138 valence electrons. The van der Waals surface area contributed by atoms with E-state index in [0.29, 0.717) is 43.7 Å². The standard InChI is InChI=1S/C20H23F2N3O/c1-23-19(26)20(24-17-7-4-6-16(21)13-17)9-11-25(12-10-20)14-15-5-2-3-8-18(15)22/h2-8,13,24H,9-12,14H2,1H3,(H,23,26). The van der Waals surface area contributed by atoms with Crippen LogP contribution in [0, 0.1) is 11.6 Å². The average molecular weight is 359 g/mol. The number of halogens is 2. The van der Waals surface area contributed by atoms with E-state index in [1.807, 2.05) is 6.07 Å². The molecule has 0 bridgehead atoms.